The molecule has 1 aliphatic rings. The minimum Gasteiger partial charge on any atom is -0.339 e. The van der Waals surface area contributed by atoms with E-state index in [9.17, 15) is 9.59 Å². The van der Waals surface area contributed by atoms with E-state index in [0.717, 1.165) is 0 Å². The second kappa shape index (κ2) is 5.09. The number of hydrogen-bond acceptors (Lipinski definition) is 5. The second-order valence-corrected chi connectivity index (χ2v) is 4.50. The first-order valence-corrected chi connectivity index (χ1v) is 6.12. The van der Waals surface area contributed by atoms with Crippen LogP contribution in [0.25, 0.3) is 0 Å². The Bertz CT molecular complexity index is 400. The van der Waals surface area contributed by atoms with E-state index in [-0.39, 0.29) is 11.9 Å². The Balaban J connectivity index is 1.84. The number of piperazine rings is 1. The van der Waals surface area contributed by atoms with Crippen molar-refractivity contribution in [3.05, 3.63) is 5.51 Å². The largest absolute Gasteiger partial charge is 0.339 e. The summed E-state index contributed by atoms with van der Waals surface area (Å²) in [6.07, 6.45) is 0. The van der Waals surface area contributed by atoms with E-state index in [4.69, 9.17) is 0 Å². The molecule has 3 amide bonds. The van der Waals surface area contributed by atoms with Crippen LogP contribution in [0.4, 0.5) is 9.93 Å². The highest BCUT2D eigenvalue weighted by Gasteiger charge is 2.22. The van der Waals surface area contributed by atoms with E-state index >= 15 is 0 Å². The van der Waals surface area contributed by atoms with E-state index in [0.29, 0.717) is 31.3 Å². The number of carbonyl (C=O) groups is 2. The van der Waals surface area contributed by atoms with E-state index in [2.05, 4.69) is 15.5 Å². The maximum atomic E-state index is 11.8. The van der Waals surface area contributed by atoms with E-state index in [1.54, 1.807) is 15.3 Å². The van der Waals surface area contributed by atoms with E-state index in [1.165, 1.54) is 18.3 Å². The fourth-order valence-electron chi connectivity index (χ4n) is 1.62. The van der Waals surface area contributed by atoms with Gasteiger partial charge in [-0.15, -0.1) is 10.2 Å². The molecule has 0 aliphatic carbocycles. The summed E-state index contributed by atoms with van der Waals surface area (Å²) in [6.45, 7) is 3.79. The number of urea groups is 1. The Morgan fingerprint density at radius 3 is 2.47 bits per heavy atom. The van der Waals surface area contributed by atoms with Gasteiger partial charge in [-0.1, -0.05) is 11.3 Å². The summed E-state index contributed by atoms with van der Waals surface area (Å²) in [6, 6.07) is -0.190. The number of anilines is 1. The maximum Gasteiger partial charge on any atom is 0.323 e. The third-order valence-electron chi connectivity index (χ3n) is 2.59. The summed E-state index contributed by atoms with van der Waals surface area (Å²) >= 11 is 1.28. The number of aromatic nitrogens is 2. The maximum absolute atomic E-state index is 11.8. The fraction of sp³-hybridized carbons (Fsp3) is 0.556. The van der Waals surface area contributed by atoms with Gasteiger partial charge >= 0.3 is 6.03 Å². The van der Waals surface area contributed by atoms with Crippen molar-refractivity contribution in [2.45, 2.75) is 6.92 Å². The van der Waals surface area contributed by atoms with Gasteiger partial charge < -0.3 is 9.80 Å². The van der Waals surface area contributed by atoms with Crippen LogP contribution in [0.2, 0.25) is 0 Å². The van der Waals surface area contributed by atoms with Crippen molar-refractivity contribution in [3.63, 3.8) is 0 Å². The summed E-state index contributed by atoms with van der Waals surface area (Å²) in [5.74, 6) is 0.0502. The Morgan fingerprint density at radius 2 is 1.94 bits per heavy atom. The van der Waals surface area contributed by atoms with Gasteiger partial charge in [-0.25, -0.2) is 4.79 Å². The smallest absolute Gasteiger partial charge is 0.323 e. The van der Waals surface area contributed by atoms with Crippen molar-refractivity contribution in [2.75, 3.05) is 31.5 Å². The first-order valence-electron chi connectivity index (χ1n) is 5.24. The second-order valence-electron chi connectivity index (χ2n) is 3.67. The van der Waals surface area contributed by atoms with Crippen molar-refractivity contribution in [1.29, 1.82) is 0 Å². The topological polar surface area (TPSA) is 78.4 Å². The lowest BCUT2D eigenvalue weighted by Crippen LogP contribution is -2.51. The van der Waals surface area contributed by atoms with Crippen LogP contribution in [0.1, 0.15) is 6.92 Å². The number of carbonyl (C=O) groups excluding carboxylic acids is 2. The Morgan fingerprint density at radius 1 is 1.29 bits per heavy atom. The summed E-state index contributed by atoms with van der Waals surface area (Å²) in [4.78, 5) is 26.3. The predicted octanol–water partition coefficient (Wildman–Crippen LogP) is 0.234. The third kappa shape index (κ3) is 2.90. The van der Waals surface area contributed by atoms with Gasteiger partial charge in [-0.3, -0.25) is 10.1 Å². The molecule has 1 aromatic rings. The van der Waals surface area contributed by atoms with Crippen LogP contribution in [-0.2, 0) is 4.79 Å². The average Bonchev–Trinajstić information content (AvgIpc) is 2.82. The number of nitrogens with zero attached hydrogens (tertiary/aromatic N) is 4. The molecule has 0 saturated carbocycles. The molecule has 0 radical (unpaired) electrons. The summed E-state index contributed by atoms with van der Waals surface area (Å²) in [5.41, 5.74) is 1.56. The molecule has 1 aromatic heterocycles. The molecule has 8 heteroatoms. The molecular formula is C9H13N5O2S. The van der Waals surface area contributed by atoms with Crippen LogP contribution in [0.5, 0.6) is 0 Å². The van der Waals surface area contributed by atoms with Crippen molar-refractivity contribution >= 4 is 28.4 Å². The number of nitrogens with one attached hydrogen (secondary N) is 1. The zero-order chi connectivity index (χ0) is 12.3. The molecule has 0 aromatic carbocycles. The predicted molar refractivity (Wildman–Crippen MR) is 62.8 cm³/mol. The van der Waals surface area contributed by atoms with Gasteiger partial charge in [0.2, 0.25) is 11.0 Å². The lowest BCUT2D eigenvalue weighted by molar-refractivity contribution is -0.130. The molecule has 2 heterocycles. The van der Waals surface area contributed by atoms with Gasteiger partial charge in [0.15, 0.2) is 0 Å². The van der Waals surface area contributed by atoms with Gasteiger partial charge in [-0.2, -0.15) is 0 Å². The van der Waals surface area contributed by atoms with E-state index in [1.807, 2.05) is 0 Å². The molecule has 1 N–H and O–H groups in total. The molecule has 1 fully saturated rings. The van der Waals surface area contributed by atoms with Gasteiger partial charge in [0.05, 0.1) is 0 Å². The minimum absolute atomic E-state index is 0.0502. The Hall–Kier alpha value is -1.70. The van der Waals surface area contributed by atoms with Gasteiger partial charge in [0.1, 0.15) is 5.51 Å². The van der Waals surface area contributed by atoms with Crippen LogP contribution < -0.4 is 5.32 Å². The molecule has 0 bridgehead atoms. The van der Waals surface area contributed by atoms with Crippen LogP contribution in [-0.4, -0.2) is 58.1 Å². The highest BCUT2D eigenvalue weighted by molar-refractivity contribution is 7.13. The van der Waals surface area contributed by atoms with Crippen LogP contribution >= 0.6 is 11.3 Å². The van der Waals surface area contributed by atoms with Gasteiger partial charge in [0.25, 0.3) is 0 Å². The monoisotopic (exact) mass is 255 g/mol. The molecule has 1 saturated heterocycles. The van der Waals surface area contributed by atoms with Crippen LogP contribution in [0.3, 0.4) is 0 Å². The lowest BCUT2D eigenvalue weighted by atomic mass is 10.3. The van der Waals surface area contributed by atoms with Gasteiger partial charge in [0, 0.05) is 33.1 Å². The normalized spacial score (nSPS) is 15.8. The molecule has 92 valence electrons. The zero-order valence-electron chi connectivity index (χ0n) is 9.42. The highest BCUT2D eigenvalue weighted by atomic mass is 32.1. The van der Waals surface area contributed by atoms with Gasteiger partial charge in [-0.05, 0) is 0 Å². The molecule has 2 rings (SSSR count). The van der Waals surface area contributed by atoms with Crippen molar-refractivity contribution < 1.29 is 9.59 Å². The van der Waals surface area contributed by atoms with Crippen molar-refractivity contribution in [2.24, 2.45) is 0 Å². The molecule has 0 atom stereocenters. The van der Waals surface area contributed by atoms with Crippen LogP contribution in [0, 0.1) is 0 Å². The first-order chi connectivity index (χ1) is 8.16. The van der Waals surface area contributed by atoms with Crippen molar-refractivity contribution in [3.8, 4) is 0 Å². The third-order valence-corrected chi connectivity index (χ3v) is 3.19. The quantitative estimate of drug-likeness (QED) is 0.779. The Kier molecular flexibility index (Phi) is 3.52. The average molecular weight is 255 g/mol. The number of amides is 3. The lowest BCUT2D eigenvalue weighted by Gasteiger charge is -2.33. The van der Waals surface area contributed by atoms with Crippen molar-refractivity contribution in [1.82, 2.24) is 20.0 Å². The minimum atomic E-state index is -0.190. The number of rotatable bonds is 1. The fourth-order valence-corrected chi connectivity index (χ4v) is 2.06. The highest BCUT2D eigenvalue weighted by Crippen LogP contribution is 2.10. The SMILES string of the molecule is CC(=O)N1CCN(C(=O)Nc2nncs2)CC1. The first kappa shape index (κ1) is 11.8. The standard InChI is InChI=1S/C9H13N5O2S/c1-7(15)13-2-4-14(5-3-13)9(16)11-8-12-10-6-17-8/h6H,2-5H2,1H3,(H,11,12,16). The molecule has 0 spiro atoms. The summed E-state index contributed by atoms with van der Waals surface area (Å²) in [5, 5.41) is 10.5. The molecule has 1 aliphatic heterocycles. The molecule has 17 heavy (non-hydrogen) atoms. The Labute approximate surface area is 102 Å². The molecule has 7 nitrogen and oxygen atoms in total. The number of hydrogen-bond donors (Lipinski definition) is 1. The van der Waals surface area contributed by atoms with Crippen LogP contribution in [0.15, 0.2) is 5.51 Å². The molecular weight excluding hydrogens is 242 g/mol. The summed E-state index contributed by atoms with van der Waals surface area (Å²) in [7, 11) is 0. The summed E-state index contributed by atoms with van der Waals surface area (Å²) < 4.78 is 0. The molecule has 0 unspecified atom stereocenters. The van der Waals surface area contributed by atoms with E-state index < -0.39 is 0 Å². The zero-order valence-corrected chi connectivity index (χ0v) is 10.2.